The molecule has 0 radical (unpaired) electrons. The third-order valence-electron chi connectivity index (χ3n) is 4.94. The SMILES string of the molecule is Cc1ccc(N(C=Nc2ccn([C@H]3CS[C@@H](CO)O3)c(=O)n2)c2ccc(C)cc2)cc1. The Hall–Kier alpha value is -2.94. The largest absolute Gasteiger partial charge is 0.393 e. The number of hydrogen-bond acceptors (Lipinski definition) is 6. The lowest BCUT2D eigenvalue weighted by Gasteiger charge is -2.20. The average molecular weight is 437 g/mol. The summed E-state index contributed by atoms with van der Waals surface area (Å²) in [6.45, 7) is 4.00. The summed E-state index contributed by atoms with van der Waals surface area (Å²) in [6, 6.07) is 18.0. The Balaban J connectivity index is 1.60. The van der Waals surface area contributed by atoms with Crippen molar-refractivity contribution >= 4 is 35.3 Å². The number of thioether (sulfide) groups is 1. The van der Waals surface area contributed by atoms with Gasteiger partial charge in [0.15, 0.2) is 5.82 Å². The lowest BCUT2D eigenvalue weighted by molar-refractivity contribution is -0.00630. The fraction of sp³-hybridized carbons (Fsp3) is 0.261. The summed E-state index contributed by atoms with van der Waals surface area (Å²) in [5.74, 6) is 0.902. The minimum Gasteiger partial charge on any atom is -0.393 e. The Morgan fingerprint density at radius 2 is 1.74 bits per heavy atom. The van der Waals surface area contributed by atoms with Gasteiger partial charge in [-0.15, -0.1) is 11.8 Å². The smallest absolute Gasteiger partial charge is 0.351 e. The van der Waals surface area contributed by atoms with E-state index in [0.717, 1.165) is 11.4 Å². The normalized spacial score (nSPS) is 18.5. The number of rotatable bonds is 6. The molecule has 1 aromatic heterocycles. The van der Waals surface area contributed by atoms with Gasteiger partial charge in [0.25, 0.3) is 0 Å². The van der Waals surface area contributed by atoms with Crippen molar-refractivity contribution < 1.29 is 9.84 Å². The van der Waals surface area contributed by atoms with Crippen LogP contribution in [0.3, 0.4) is 0 Å². The van der Waals surface area contributed by atoms with E-state index in [0.29, 0.717) is 11.6 Å². The molecule has 0 bridgehead atoms. The first-order valence-electron chi connectivity index (χ1n) is 9.97. The zero-order chi connectivity index (χ0) is 21.8. The fourth-order valence-electron chi connectivity index (χ4n) is 3.19. The zero-order valence-electron chi connectivity index (χ0n) is 17.4. The molecule has 3 aromatic rings. The first-order chi connectivity index (χ1) is 15.0. The Morgan fingerprint density at radius 1 is 1.13 bits per heavy atom. The quantitative estimate of drug-likeness (QED) is 0.466. The fourth-order valence-corrected chi connectivity index (χ4v) is 4.12. The highest BCUT2D eigenvalue weighted by Gasteiger charge is 2.27. The number of aliphatic hydroxyl groups is 1. The van der Waals surface area contributed by atoms with Gasteiger partial charge in [0.1, 0.15) is 18.0 Å². The average Bonchev–Trinajstić information content (AvgIpc) is 3.25. The van der Waals surface area contributed by atoms with E-state index < -0.39 is 11.9 Å². The van der Waals surface area contributed by atoms with Crippen LogP contribution < -0.4 is 10.6 Å². The summed E-state index contributed by atoms with van der Waals surface area (Å²) in [4.78, 5) is 23.0. The predicted octanol–water partition coefficient (Wildman–Crippen LogP) is 3.94. The van der Waals surface area contributed by atoms with Crippen LogP contribution in [-0.4, -0.2) is 38.8 Å². The van der Waals surface area contributed by atoms with E-state index >= 15 is 0 Å². The molecule has 0 saturated carbocycles. The first kappa shape index (κ1) is 21.3. The third kappa shape index (κ3) is 5.04. The van der Waals surface area contributed by atoms with Crippen molar-refractivity contribution in [2.45, 2.75) is 25.5 Å². The molecule has 0 unspecified atom stereocenters. The van der Waals surface area contributed by atoms with Crippen molar-refractivity contribution in [3.05, 3.63) is 82.4 Å². The molecule has 7 nitrogen and oxygen atoms in total. The highest BCUT2D eigenvalue weighted by atomic mass is 32.2. The second-order valence-corrected chi connectivity index (χ2v) is 8.49. The second kappa shape index (κ2) is 9.47. The number of hydrogen-bond donors (Lipinski definition) is 1. The van der Waals surface area contributed by atoms with E-state index in [4.69, 9.17) is 4.74 Å². The number of aliphatic imine (C=N–C) groups is 1. The second-order valence-electron chi connectivity index (χ2n) is 7.30. The summed E-state index contributed by atoms with van der Waals surface area (Å²) in [7, 11) is 0. The van der Waals surface area contributed by atoms with Crippen molar-refractivity contribution in [3.63, 3.8) is 0 Å². The topological polar surface area (TPSA) is 80.0 Å². The van der Waals surface area contributed by atoms with E-state index in [1.807, 2.05) is 67.3 Å². The van der Waals surface area contributed by atoms with Crippen molar-refractivity contribution in [1.82, 2.24) is 9.55 Å². The molecule has 0 spiro atoms. The van der Waals surface area contributed by atoms with Crippen molar-refractivity contribution in [1.29, 1.82) is 0 Å². The standard InChI is InChI=1S/C23H24N4O3S/c1-16-3-7-18(8-4-16)27(19-9-5-17(2)6-10-19)15-24-20-11-12-26(23(29)25-20)21-14-31-22(13-28)30-21/h3-12,15,21-22,28H,13-14H2,1-2H3/t21-,22+/m1/s1. The summed E-state index contributed by atoms with van der Waals surface area (Å²) < 4.78 is 7.07. The van der Waals surface area contributed by atoms with Crippen LogP contribution in [-0.2, 0) is 4.74 Å². The maximum Gasteiger partial charge on any atom is 0.351 e. The van der Waals surface area contributed by atoms with E-state index in [1.54, 1.807) is 18.6 Å². The van der Waals surface area contributed by atoms with Crippen LogP contribution in [0.2, 0.25) is 0 Å². The van der Waals surface area contributed by atoms with E-state index in [-0.39, 0.29) is 12.0 Å². The Labute approximate surface area is 185 Å². The van der Waals surface area contributed by atoms with Crippen molar-refractivity contribution in [2.75, 3.05) is 17.3 Å². The van der Waals surface area contributed by atoms with Gasteiger partial charge >= 0.3 is 5.69 Å². The molecule has 1 saturated heterocycles. The van der Waals surface area contributed by atoms with E-state index in [1.165, 1.54) is 27.5 Å². The molecule has 1 N–H and O–H groups in total. The minimum absolute atomic E-state index is 0.0838. The molecule has 1 aliphatic heterocycles. The molecule has 0 aliphatic carbocycles. The van der Waals surface area contributed by atoms with Gasteiger partial charge in [-0.1, -0.05) is 35.4 Å². The monoisotopic (exact) mass is 436 g/mol. The van der Waals surface area contributed by atoms with Crippen LogP contribution in [0.5, 0.6) is 0 Å². The molecule has 160 valence electrons. The van der Waals surface area contributed by atoms with Gasteiger partial charge in [-0.25, -0.2) is 9.79 Å². The Bertz CT molecular complexity index is 1070. The van der Waals surface area contributed by atoms with Gasteiger partial charge in [-0.05, 0) is 44.2 Å². The summed E-state index contributed by atoms with van der Waals surface area (Å²) >= 11 is 1.47. The van der Waals surface area contributed by atoms with Gasteiger partial charge in [0.2, 0.25) is 0 Å². The number of aromatic nitrogens is 2. The molecule has 31 heavy (non-hydrogen) atoms. The van der Waals surface area contributed by atoms with Gasteiger partial charge < -0.3 is 14.7 Å². The molecule has 4 rings (SSSR count). The lowest BCUT2D eigenvalue weighted by Crippen LogP contribution is -2.28. The van der Waals surface area contributed by atoms with E-state index in [2.05, 4.69) is 9.98 Å². The van der Waals surface area contributed by atoms with Crippen molar-refractivity contribution in [2.24, 2.45) is 4.99 Å². The molecular formula is C23H24N4O3S. The Kier molecular flexibility index (Phi) is 6.50. The number of ether oxygens (including phenoxy) is 1. The number of benzene rings is 2. The minimum atomic E-state index is -0.434. The molecule has 0 amide bonds. The molecule has 8 heteroatoms. The maximum atomic E-state index is 12.5. The van der Waals surface area contributed by atoms with Crippen LogP contribution in [0.1, 0.15) is 17.4 Å². The molecule has 1 fully saturated rings. The highest BCUT2D eigenvalue weighted by molar-refractivity contribution is 8.00. The summed E-state index contributed by atoms with van der Waals surface area (Å²) in [5, 5.41) is 9.21. The maximum absolute atomic E-state index is 12.5. The molecule has 2 aromatic carbocycles. The van der Waals surface area contributed by atoms with Gasteiger partial charge in [0.05, 0.1) is 6.61 Å². The van der Waals surface area contributed by atoms with Crippen LogP contribution in [0.25, 0.3) is 0 Å². The molecular weight excluding hydrogens is 412 g/mol. The predicted molar refractivity (Wildman–Crippen MR) is 125 cm³/mol. The van der Waals surface area contributed by atoms with Gasteiger partial charge in [-0.3, -0.25) is 4.57 Å². The first-order valence-corrected chi connectivity index (χ1v) is 11.0. The highest BCUT2D eigenvalue weighted by Crippen LogP contribution is 2.30. The van der Waals surface area contributed by atoms with Crippen LogP contribution >= 0.6 is 11.8 Å². The van der Waals surface area contributed by atoms with Crippen LogP contribution in [0, 0.1) is 13.8 Å². The number of anilines is 2. The third-order valence-corrected chi connectivity index (χ3v) is 6.05. The number of aryl methyl sites for hydroxylation is 2. The van der Waals surface area contributed by atoms with Crippen molar-refractivity contribution in [3.8, 4) is 0 Å². The van der Waals surface area contributed by atoms with Crippen LogP contribution in [0.15, 0.2) is 70.6 Å². The molecule has 2 atom stereocenters. The molecule has 2 heterocycles. The lowest BCUT2D eigenvalue weighted by atomic mass is 10.2. The van der Waals surface area contributed by atoms with Crippen LogP contribution in [0.4, 0.5) is 17.2 Å². The number of nitrogens with zero attached hydrogens (tertiary/aromatic N) is 4. The molecule has 1 aliphatic rings. The summed E-state index contributed by atoms with van der Waals surface area (Å²) in [6.07, 6.45) is 2.87. The van der Waals surface area contributed by atoms with Gasteiger partial charge in [-0.2, -0.15) is 4.98 Å². The zero-order valence-corrected chi connectivity index (χ0v) is 18.2. The van der Waals surface area contributed by atoms with Gasteiger partial charge in [0, 0.05) is 23.3 Å². The number of aliphatic hydroxyl groups excluding tert-OH is 1. The summed E-state index contributed by atoms with van der Waals surface area (Å²) in [5.41, 5.74) is 3.51. The van der Waals surface area contributed by atoms with E-state index in [9.17, 15) is 9.90 Å². The Morgan fingerprint density at radius 3 is 2.26 bits per heavy atom.